The number of nitrogens with one attached hydrogen (secondary N) is 4. The number of carbonyl (C=O) groups excluding carboxylic acids is 5. The monoisotopic (exact) mass is 903 g/mol. The van der Waals surface area contributed by atoms with Gasteiger partial charge in [-0.25, -0.2) is 0 Å². The number of carbonyl (C=O) groups is 6. The molecule has 1 aromatic rings. The van der Waals surface area contributed by atoms with Crippen molar-refractivity contribution in [2.24, 2.45) is 11.7 Å². The number of anilines is 1. The van der Waals surface area contributed by atoms with E-state index in [-0.39, 0.29) is 38.1 Å². The predicted molar refractivity (Wildman–Crippen MR) is 232 cm³/mol. The zero-order valence-electron chi connectivity index (χ0n) is 35.5. The van der Waals surface area contributed by atoms with Gasteiger partial charge in [0.25, 0.3) is 26.1 Å². The number of Topliss-reactive ketones (excluding diaryl/α,β-unsaturated/α-hetero) is 1. The van der Waals surface area contributed by atoms with E-state index in [1.54, 1.807) is 24.3 Å². The summed E-state index contributed by atoms with van der Waals surface area (Å²) in [6, 6.07) is 3.75. The van der Waals surface area contributed by atoms with Gasteiger partial charge in [0.15, 0.2) is 5.78 Å². The van der Waals surface area contributed by atoms with E-state index < -0.39 is 85.6 Å². The van der Waals surface area contributed by atoms with E-state index in [4.69, 9.17) is 10.8 Å². The summed E-state index contributed by atoms with van der Waals surface area (Å²) in [4.78, 5) is 74.5. The molecule has 0 spiro atoms. The molecular formula is C41H69N5O13S2. The van der Waals surface area contributed by atoms with Crippen molar-refractivity contribution in [1.82, 2.24) is 16.0 Å². The first-order valence-corrected chi connectivity index (χ1v) is 24.7. The Bertz CT molecular complexity index is 1730. The SMILES string of the molecule is CCCNc1ccc(C(=O)NCCCC[C@@H](NC(=O)[C@@H](CC(=O)[C@H](CS(=O)(=O)O)NC(=O)CCCCCCCCCCCCCCCCC(=O)O)CS(=O)(=O)O)C(N)=O)cc1. The maximum atomic E-state index is 13.3. The van der Waals surface area contributed by atoms with Crippen LogP contribution in [-0.2, 0) is 44.2 Å². The average molecular weight is 904 g/mol. The number of carboxylic acids is 1. The van der Waals surface area contributed by atoms with Crippen LogP contribution in [0.15, 0.2) is 24.3 Å². The summed E-state index contributed by atoms with van der Waals surface area (Å²) in [5, 5.41) is 19.2. The topological polar surface area (TPSA) is 306 Å². The van der Waals surface area contributed by atoms with Gasteiger partial charge in [-0.3, -0.25) is 37.9 Å². The summed E-state index contributed by atoms with van der Waals surface area (Å²) >= 11 is 0. The highest BCUT2D eigenvalue weighted by Gasteiger charge is 2.34. The largest absolute Gasteiger partial charge is 0.481 e. The molecule has 3 atom stereocenters. The molecule has 0 aliphatic heterocycles. The van der Waals surface area contributed by atoms with Crippen LogP contribution in [0.1, 0.15) is 152 Å². The van der Waals surface area contributed by atoms with Gasteiger partial charge in [-0.1, -0.05) is 84.0 Å². The van der Waals surface area contributed by atoms with Gasteiger partial charge < -0.3 is 32.1 Å². The van der Waals surface area contributed by atoms with Crippen LogP contribution in [0.25, 0.3) is 0 Å². The molecule has 61 heavy (non-hydrogen) atoms. The van der Waals surface area contributed by atoms with Crippen LogP contribution in [0.4, 0.5) is 5.69 Å². The standard InChI is InChI=1S/C41H69N5O13S2/c1-2-26-43-33-24-22-31(23-25-33)40(52)44-27-18-17-19-34(39(42)51)46-41(53)32(29-60(54,55)56)28-36(47)35(30-61(57,58)59)45-37(48)20-15-13-11-9-7-5-3-4-6-8-10-12-14-16-21-38(49)50/h22-25,32,34-35,43H,2-21,26-30H2,1H3,(H2,42,51)(H,44,52)(H,45,48)(H,46,53)(H,49,50)(H,54,55,56)(H,57,58,59)/t32-,34+,35-/m0/s1. The van der Waals surface area contributed by atoms with E-state index in [1.165, 1.54) is 0 Å². The number of hydrogen-bond acceptors (Lipinski definition) is 11. The van der Waals surface area contributed by atoms with E-state index in [0.717, 1.165) is 95.7 Å². The summed E-state index contributed by atoms with van der Waals surface area (Å²) in [5.74, 6) is -9.34. The fraction of sp³-hybridized carbons (Fsp3) is 0.707. The number of ketones is 1. The number of hydrogen-bond donors (Lipinski definition) is 8. The van der Waals surface area contributed by atoms with Crippen molar-refractivity contribution in [2.75, 3.05) is 29.9 Å². The lowest BCUT2D eigenvalue weighted by atomic mass is 9.98. The lowest BCUT2D eigenvalue weighted by Crippen LogP contribution is -2.50. The number of unbranched alkanes of at least 4 members (excludes halogenated alkanes) is 14. The van der Waals surface area contributed by atoms with Crippen LogP contribution in [-0.4, -0.2) is 103 Å². The Morgan fingerprint density at radius 1 is 0.639 bits per heavy atom. The molecule has 0 aromatic heterocycles. The van der Waals surface area contributed by atoms with Gasteiger partial charge in [0, 0.05) is 43.6 Å². The lowest BCUT2D eigenvalue weighted by Gasteiger charge is -2.22. The summed E-state index contributed by atoms with van der Waals surface area (Å²) in [6.07, 6.45) is 14.3. The van der Waals surface area contributed by atoms with Crippen molar-refractivity contribution >= 4 is 61.3 Å². The van der Waals surface area contributed by atoms with Crippen LogP contribution in [0.2, 0.25) is 0 Å². The lowest BCUT2D eigenvalue weighted by molar-refractivity contribution is -0.137. The Kier molecular flexibility index (Phi) is 27.7. The number of aliphatic carboxylic acids is 1. The number of nitrogens with two attached hydrogens (primary N) is 1. The molecule has 0 bridgehead atoms. The van der Waals surface area contributed by atoms with Crippen molar-refractivity contribution in [1.29, 1.82) is 0 Å². The van der Waals surface area contributed by atoms with Crippen molar-refractivity contribution in [2.45, 2.75) is 154 Å². The summed E-state index contributed by atoms with van der Waals surface area (Å²) in [5.41, 5.74) is 6.79. The molecule has 0 aliphatic rings. The molecule has 0 fully saturated rings. The Balaban J connectivity index is 2.59. The Morgan fingerprint density at radius 2 is 1.15 bits per heavy atom. The number of benzene rings is 1. The molecule has 20 heteroatoms. The number of amides is 4. The molecule has 9 N–H and O–H groups in total. The second-order valence-electron chi connectivity index (χ2n) is 15.5. The summed E-state index contributed by atoms with van der Waals surface area (Å²) in [6.45, 7) is 3.05. The molecule has 0 heterocycles. The van der Waals surface area contributed by atoms with E-state index in [2.05, 4.69) is 21.3 Å². The molecule has 0 unspecified atom stereocenters. The van der Waals surface area contributed by atoms with Crippen molar-refractivity contribution in [3.63, 3.8) is 0 Å². The van der Waals surface area contributed by atoms with Gasteiger partial charge in [-0.05, 0) is 62.8 Å². The van der Waals surface area contributed by atoms with Crippen molar-refractivity contribution < 1.29 is 59.8 Å². The fourth-order valence-electron chi connectivity index (χ4n) is 6.60. The maximum absolute atomic E-state index is 13.3. The first kappa shape index (κ1) is 54.9. The normalized spacial score (nSPS) is 13.1. The van der Waals surface area contributed by atoms with Gasteiger partial charge in [0.05, 0.1) is 11.7 Å². The van der Waals surface area contributed by atoms with E-state index in [0.29, 0.717) is 24.8 Å². The average Bonchev–Trinajstić information content (AvgIpc) is 3.17. The predicted octanol–water partition coefficient (Wildman–Crippen LogP) is 4.54. The van der Waals surface area contributed by atoms with Gasteiger partial charge >= 0.3 is 5.97 Å². The molecule has 0 saturated carbocycles. The zero-order valence-corrected chi connectivity index (χ0v) is 37.2. The van der Waals surface area contributed by atoms with Crippen LogP contribution in [0.3, 0.4) is 0 Å². The third-order valence-electron chi connectivity index (χ3n) is 9.97. The van der Waals surface area contributed by atoms with E-state index >= 15 is 0 Å². The molecule has 4 amide bonds. The first-order valence-electron chi connectivity index (χ1n) is 21.5. The third kappa shape index (κ3) is 28.9. The number of primary amides is 1. The fourth-order valence-corrected chi connectivity index (χ4v) is 8.07. The summed E-state index contributed by atoms with van der Waals surface area (Å²) < 4.78 is 66.2. The van der Waals surface area contributed by atoms with Crippen LogP contribution in [0.5, 0.6) is 0 Å². The number of rotatable bonds is 37. The molecule has 0 saturated heterocycles. The molecule has 348 valence electrons. The van der Waals surface area contributed by atoms with E-state index in [9.17, 15) is 54.7 Å². The van der Waals surface area contributed by atoms with Crippen molar-refractivity contribution in [3.05, 3.63) is 29.8 Å². The smallest absolute Gasteiger partial charge is 0.303 e. The van der Waals surface area contributed by atoms with Gasteiger partial charge in [-0.15, -0.1) is 0 Å². The van der Waals surface area contributed by atoms with Crippen molar-refractivity contribution in [3.8, 4) is 0 Å². The quantitative estimate of drug-likeness (QED) is 0.0336. The highest BCUT2D eigenvalue weighted by Crippen LogP contribution is 2.16. The molecular weight excluding hydrogens is 835 g/mol. The molecule has 18 nitrogen and oxygen atoms in total. The molecule has 1 rings (SSSR count). The first-order chi connectivity index (χ1) is 28.8. The van der Waals surface area contributed by atoms with Crippen LogP contribution >= 0.6 is 0 Å². The Morgan fingerprint density at radius 3 is 1.62 bits per heavy atom. The van der Waals surface area contributed by atoms with Gasteiger partial charge in [0.2, 0.25) is 17.7 Å². The second kappa shape index (κ2) is 30.8. The summed E-state index contributed by atoms with van der Waals surface area (Å²) in [7, 11) is -9.73. The van der Waals surface area contributed by atoms with Gasteiger partial charge in [-0.2, -0.15) is 16.8 Å². The highest BCUT2D eigenvalue weighted by molar-refractivity contribution is 7.86. The van der Waals surface area contributed by atoms with Gasteiger partial charge in [0.1, 0.15) is 17.8 Å². The number of carboxylic acid groups (broad SMARTS) is 1. The van der Waals surface area contributed by atoms with Crippen LogP contribution < -0.4 is 27.0 Å². The Labute approximate surface area is 361 Å². The minimum atomic E-state index is -4.89. The minimum absolute atomic E-state index is 0.0242. The molecule has 1 aromatic carbocycles. The minimum Gasteiger partial charge on any atom is -0.481 e. The molecule has 0 radical (unpaired) electrons. The van der Waals surface area contributed by atoms with E-state index in [1.807, 2.05) is 6.92 Å². The highest BCUT2D eigenvalue weighted by atomic mass is 32.2. The van der Waals surface area contributed by atoms with Crippen LogP contribution in [0, 0.1) is 5.92 Å². The second-order valence-corrected chi connectivity index (χ2v) is 18.5. The third-order valence-corrected chi connectivity index (χ3v) is 11.5. The zero-order chi connectivity index (χ0) is 45.7. The maximum Gasteiger partial charge on any atom is 0.303 e. The Hall–Kier alpha value is -4.14. The molecule has 0 aliphatic carbocycles.